The summed E-state index contributed by atoms with van der Waals surface area (Å²) in [7, 11) is 1.55. The lowest BCUT2D eigenvalue weighted by molar-refractivity contribution is -0.122. The molecule has 1 atom stereocenters. The van der Waals surface area contributed by atoms with Crippen LogP contribution in [0.3, 0.4) is 0 Å². The van der Waals surface area contributed by atoms with Crippen LogP contribution in [0.2, 0.25) is 0 Å². The number of benzene rings is 1. The first-order valence-corrected chi connectivity index (χ1v) is 11.6. The Bertz CT molecular complexity index is 972. The first-order chi connectivity index (χ1) is 15.6. The summed E-state index contributed by atoms with van der Waals surface area (Å²) in [4.78, 5) is 40.1. The Morgan fingerprint density at radius 1 is 1.12 bits per heavy atom. The predicted molar refractivity (Wildman–Crippen MR) is 131 cm³/mol. The van der Waals surface area contributed by atoms with Crippen molar-refractivity contribution in [3.8, 4) is 5.75 Å². The summed E-state index contributed by atoms with van der Waals surface area (Å²) in [6, 6.07) is 6.04. The van der Waals surface area contributed by atoms with Crippen LogP contribution in [0, 0.1) is 11.8 Å². The lowest BCUT2D eigenvalue weighted by atomic mass is 10.00. The van der Waals surface area contributed by atoms with E-state index in [4.69, 9.17) is 16.2 Å². The predicted octanol–water partition coefficient (Wildman–Crippen LogP) is 3.06. The SMILES string of the molecule is COc1ccc(N(C(=O)c2snc(C(N)=O)c2N)[C@@H](CC(C)C)C(=O)NCCC(C)C)cc1. The number of ether oxygens (including phenoxy) is 1. The van der Waals surface area contributed by atoms with Crippen LogP contribution in [0.15, 0.2) is 24.3 Å². The summed E-state index contributed by atoms with van der Waals surface area (Å²) in [5.41, 5.74) is 11.6. The number of amides is 3. The number of nitrogens with one attached hydrogen (secondary N) is 1. The number of primary amides is 1. The third kappa shape index (κ3) is 6.67. The van der Waals surface area contributed by atoms with Gasteiger partial charge in [-0.1, -0.05) is 27.7 Å². The van der Waals surface area contributed by atoms with E-state index in [1.165, 1.54) is 4.90 Å². The van der Waals surface area contributed by atoms with Crippen molar-refractivity contribution in [2.45, 2.75) is 46.6 Å². The zero-order chi connectivity index (χ0) is 24.7. The van der Waals surface area contributed by atoms with Crippen molar-refractivity contribution >= 4 is 40.6 Å². The smallest absolute Gasteiger partial charge is 0.272 e. The molecule has 2 rings (SSSR count). The summed E-state index contributed by atoms with van der Waals surface area (Å²) in [6.45, 7) is 8.63. The molecule has 9 nitrogen and oxygen atoms in total. The molecule has 1 aromatic carbocycles. The van der Waals surface area contributed by atoms with Gasteiger partial charge < -0.3 is 21.5 Å². The molecule has 0 aliphatic carbocycles. The van der Waals surface area contributed by atoms with Crippen LogP contribution >= 0.6 is 11.5 Å². The molecule has 0 aliphatic rings. The van der Waals surface area contributed by atoms with Crippen LogP contribution < -0.4 is 26.4 Å². The molecule has 0 aliphatic heterocycles. The van der Waals surface area contributed by atoms with Gasteiger partial charge in [-0.3, -0.25) is 19.3 Å². The molecule has 1 aromatic heterocycles. The molecular formula is C23H33N5O4S. The second kappa shape index (κ2) is 11.6. The van der Waals surface area contributed by atoms with Crippen LogP contribution in [-0.2, 0) is 4.79 Å². The Morgan fingerprint density at radius 3 is 2.24 bits per heavy atom. The fourth-order valence-electron chi connectivity index (χ4n) is 3.30. The highest BCUT2D eigenvalue weighted by molar-refractivity contribution is 7.09. The number of carbonyl (C=O) groups is 3. The van der Waals surface area contributed by atoms with Gasteiger partial charge in [0.15, 0.2) is 5.69 Å². The second-order valence-electron chi connectivity index (χ2n) is 8.63. The number of carbonyl (C=O) groups excluding carboxylic acids is 3. The van der Waals surface area contributed by atoms with E-state index in [9.17, 15) is 14.4 Å². The van der Waals surface area contributed by atoms with Crippen molar-refractivity contribution in [3.63, 3.8) is 0 Å². The summed E-state index contributed by atoms with van der Waals surface area (Å²) >= 11 is 0.790. The zero-order valence-electron chi connectivity index (χ0n) is 19.8. The number of methoxy groups -OCH3 is 1. The van der Waals surface area contributed by atoms with Gasteiger partial charge in [-0.25, -0.2) is 0 Å². The van der Waals surface area contributed by atoms with Crippen molar-refractivity contribution in [2.75, 3.05) is 24.3 Å². The third-order valence-electron chi connectivity index (χ3n) is 5.05. The maximum atomic E-state index is 13.7. The Labute approximate surface area is 198 Å². The zero-order valence-corrected chi connectivity index (χ0v) is 20.6. The number of anilines is 2. The normalized spacial score (nSPS) is 12.0. The van der Waals surface area contributed by atoms with Crippen molar-refractivity contribution in [1.82, 2.24) is 9.69 Å². The first-order valence-electron chi connectivity index (χ1n) is 10.9. The minimum atomic E-state index is -0.816. The molecule has 3 amide bonds. The van der Waals surface area contributed by atoms with Gasteiger partial charge in [0, 0.05) is 12.2 Å². The molecule has 0 spiro atoms. The molecular weight excluding hydrogens is 442 g/mol. The van der Waals surface area contributed by atoms with E-state index >= 15 is 0 Å². The topological polar surface area (TPSA) is 141 Å². The number of nitrogens with two attached hydrogens (primary N) is 2. The summed E-state index contributed by atoms with van der Waals surface area (Å²) in [5, 5.41) is 2.96. The fourth-order valence-corrected chi connectivity index (χ4v) is 4.04. The lowest BCUT2D eigenvalue weighted by Gasteiger charge is -2.32. The third-order valence-corrected chi connectivity index (χ3v) is 5.91. The highest BCUT2D eigenvalue weighted by Crippen LogP contribution is 2.30. The van der Waals surface area contributed by atoms with Gasteiger partial charge in [-0.2, -0.15) is 4.37 Å². The van der Waals surface area contributed by atoms with Crippen LogP contribution in [0.5, 0.6) is 5.75 Å². The van der Waals surface area contributed by atoms with Gasteiger partial charge in [-0.05, 0) is 60.5 Å². The van der Waals surface area contributed by atoms with Crippen molar-refractivity contribution in [1.29, 1.82) is 0 Å². The molecule has 10 heteroatoms. The van der Waals surface area contributed by atoms with Gasteiger partial charge in [0.1, 0.15) is 16.7 Å². The van der Waals surface area contributed by atoms with Crippen LogP contribution in [0.1, 0.15) is 60.7 Å². The largest absolute Gasteiger partial charge is 0.497 e. The standard InChI is InChI=1S/C23H33N5O4S/c1-13(2)10-11-26-22(30)17(12-14(3)4)28(15-6-8-16(32-5)9-7-15)23(31)20-18(24)19(21(25)29)27-33-20/h6-9,13-14,17H,10-12,24H2,1-5H3,(H2,25,29)(H,26,30)/t17-/m0/s1. The number of hydrogen-bond acceptors (Lipinski definition) is 7. The molecule has 0 radical (unpaired) electrons. The minimum absolute atomic E-state index is 0.0587. The van der Waals surface area contributed by atoms with Gasteiger partial charge in [0.05, 0.1) is 12.8 Å². The number of nitrogen functional groups attached to an aromatic ring is 1. The molecule has 0 saturated carbocycles. The Kier molecular flexibility index (Phi) is 9.22. The highest BCUT2D eigenvalue weighted by Gasteiger charge is 2.35. The van der Waals surface area contributed by atoms with Gasteiger partial charge in [0.2, 0.25) is 5.91 Å². The number of aromatic nitrogens is 1. The maximum Gasteiger partial charge on any atom is 0.272 e. The summed E-state index contributed by atoms with van der Waals surface area (Å²) in [5.74, 6) is -0.430. The molecule has 2 aromatic rings. The quantitative estimate of drug-likeness (QED) is 0.456. The molecule has 1 heterocycles. The van der Waals surface area contributed by atoms with Crippen molar-refractivity contribution < 1.29 is 19.1 Å². The monoisotopic (exact) mass is 475 g/mol. The molecule has 5 N–H and O–H groups in total. The highest BCUT2D eigenvalue weighted by atomic mass is 32.1. The Balaban J connectivity index is 2.53. The van der Waals surface area contributed by atoms with Gasteiger partial charge in [0.25, 0.3) is 11.8 Å². The molecule has 0 fully saturated rings. The lowest BCUT2D eigenvalue weighted by Crippen LogP contribution is -2.51. The van der Waals surface area contributed by atoms with E-state index in [0.29, 0.717) is 30.3 Å². The second-order valence-corrected chi connectivity index (χ2v) is 9.40. The van der Waals surface area contributed by atoms with Crippen LogP contribution in [0.25, 0.3) is 0 Å². The van der Waals surface area contributed by atoms with E-state index in [2.05, 4.69) is 23.5 Å². The Morgan fingerprint density at radius 2 is 1.76 bits per heavy atom. The van der Waals surface area contributed by atoms with Crippen LogP contribution in [0.4, 0.5) is 11.4 Å². The molecule has 0 saturated heterocycles. The average molecular weight is 476 g/mol. The molecule has 0 bridgehead atoms. The molecule has 0 unspecified atom stereocenters. The van der Waals surface area contributed by atoms with Crippen molar-refractivity contribution in [2.24, 2.45) is 17.6 Å². The maximum absolute atomic E-state index is 13.7. The van der Waals surface area contributed by atoms with Crippen LogP contribution in [-0.4, -0.2) is 41.8 Å². The number of nitrogens with zero attached hydrogens (tertiary/aromatic N) is 2. The minimum Gasteiger partial charge on any atom is -0.497 e. The molecule has 33 heavy (non-hydrogen) atoms. The van der Waals surface area contributed by atoms with E-state index in [0.717, 1.165) is 18.0 Å². The Hall–Kier alpha value is -3.14. The summed E-state index contributed by atoms with van der Waals surface area (Å²) in [6.07, 6.45) is 1.24. The molecule has 180 valence electrons. The number of rotatable bonds is 11. The average Bonchev–Trinajstić information content (AvgIpc) is 3.14. The van der Waals surface area contributed by atoms with E-state index in [1.54, 1.807) is 31.4 Å². The van der Waals surface area contributed by atoms with E-state index in [1.807, 2.05) is 13.8 Å². The van der Waals surface area contributed by atoms with E-state index in [-0.39, 0.29) is 28.1 Å². The van der Waals surface area contributed by atoms with Crippen molar-refractivity contribution in [3.05, 3.63) is 34.8 Å². The van der Waals surface area contributed by atoms with Gasteiger partial charge in [-0.15, -0.1) is 0 Å². The van der Waals surface area contributed by atoms with Gasteiger partial charge >= 0.3 is 0 Å². The first kappa shape index (κ1) is 26.1. The summed E-state index contributed by atoms with van der Waals surface area (Å²) < 4.78 is 9.18. The number of hydrogen-bond donors (Lipinski definition) is 3. The fraction of sp³-hybridized carbons (Fsp3) is 0.478. The van der Waals surface area contributed by atoms with E-state index < -0.39 is 17.9 Å².